The van der Waals surface area contributed by atoms with E-state index in [2.05, 4.69) is 27.4 Å². The molecule has 2 heterocycles. The molecule has 1 aromatic heterocycles. The summed E-state index contributed by atoms with van der Waals surface area (Å²) >= 11 is 0. The van der Waals surface area contributed by atoms with Crippen LogP contribution in [0.5, 0.6) is 0 Å². The highest BCUT2D eigenvalue weighted by Crippen LogP contribution is 2.24. The first kappa shape index (κ1) is 15.5. The van der Waals surface area contributed by atoms with Crippen molar-refractivity contribution in [2.24, 2.45) is 0 Å². The molecule has 0 aliphatic carbocycles. The second kappa shape index (κ2) is 7.21. The van der Waals surface area contributed by atoms with E-state index in [1.807, 2.05) is 6.92 Å². The Labute approximate surface area is 124 Å². The number of hydrogen-bond donors (Lipinski definition) is 2. The second-order valence-electron chi connectivity index (χ2n) is 5.32. The number of likely N-dealkylation sites (tertiary alicyclic amines) is 1. The van der Waals surface area contributed by atoms with Crippen molar-refractivity contribution in [3.05, 3.63) is 22.2 Å². The number of anilines is 2. The highest BCUT2D eigenvalue weighted by Gasteiger charge is 2.20. The smallest absolute Gasteiger partial charge is 0.311 e. The Balaban J connectivity index is 2.05. The van der Waals surface area contributed by atoms with Gasteiger partial charge in [0.05, 0.1) is 4.92 Å². The summed E-state index contributed by atoms with van der Waals surface area (Å²) in [6, 6.07) is 3.47. The van der Waals surface area contributed by atoms with Crippen molar-refractivity contribution in [3.63, 3.8) is 0 Å². The molecule has 1 aromatic rings. The highest BCUT2D eigenvalue weighted by atomic mass is 16.6. The third kappa shape index (κ3) is 4.04. The fraction of sp³-hybridized carbons (Fsp3) is 0.643. The van der Waals surface area contributed by atoms with Gasteiger partial charge in [-0.1, -0.05) is 0 Å². The zero-order chi connectivity index (χ0) is 15.2. The summed E-state index contributed by atoms with van der Waals surface area (Å²) in [4.78, 5) is 17.4. The van der Waals surface area contributed by atoms with E-state index in [4.69, 9.17) is 0 Å². The van der Waals surface area contributed by atoms with Crippen LogP contribution in [0, 0.1) is 10.1 Å². The number of rotatable bonds is 7. The van der Waals surface area contributed by atoms with Gasteiger partial charge in [0.2, 0.25) is 5.82 Å². The third-order valence-electron chi connectivity index (χ3n) is 3.76. The first-order chi connectivity index (χ1) is 10.1. The Kier molecular flexibility index (Phi) is 5.32. The molecule has 2 rings (SSSR count). The van der Waals surface area contributed by atoms with E-state index in [1.54, 1.807) is 6.07 Å². The Morgan fingerprint density at radius 3 is 2.71 bits per heavy atom. The molecule has 1 fully saturated rings. The van der Waals surface area contributed by atoms with Gasteiger partial charge in [-0.3, -0.25) is 15.0 Å². The third-order valence-corrected chi connectivity index (χ3v) is 3.76. The van der Waals surface area contributed by atoms with Crippen LogP contribution in [0.25, 0.3) is 0 Å². The molecule has 21 heavy (non-hydrogen) atoms. The minimum Gasteiger partial charge on any atom is -0.370 e. The van der Waals surface area contributed by atoms with Crippen molar-refractivity contribution in [1.29, 1.82) is 0 Å². The number of nitro groups is 1. The van der Waals surface area contributed by atoms with Gasteiger partial charge in [-0.05, 0) is 45.8 Å². The lowest BCUT2D eigenvalue weighted by atomic mass is 10.3. The maximum Gasteiger partial charge on any atom is 0.311 e. The van der Waals surface area contributed by atoms with Crippen LogP contribution in [0.4, 0.5) is 17.3 Å². The monoisotopic (exact) mass is 293 g/mol. The van der Waals surface area contributed by atoms with Crippen molar-refractivity contribution in [2.75, 3.05) is 36.8 Å². The Morgan fingerprint density at radius 2 is 2.10 bits per heavy atom. The molecule has 0 spiro atoms. The topological polar surface area (TPSA) is 83.3 Å². The van der Waals surface area contributed by atoms with E-state index in [-0.39, 0.29) is 5.69 Å². The van der Waals surface area contributed by atoms with Gasteiger partial charge in [-0.25, -0.2) is 4.98 Å². The molecule has 7 heteroatoms. The van der Waals surface area contributed by atoms with Crippen LogP contribution in [0.1, 0.15) is 26.7 Å². The van der Waals surface area contributed by atoms with E-state index in [1.165, 1.54) is 18.9 Å². The molecule has 0 aromatic carbocycles. The van der Waals surface area contributed by atoms with Gasteiger partial charge in [0.25, 0.3) is 0 Å². The molecule has 0 saturated carbocycles. The minimum absolute atomic E-state index is 0.0188. The average molecular weight is 293 g/mol. The number of hydrogen-bond acceptors (Lipinski definition) is 6. The lowest BCUT2D eigenvalue weighted by Gasteiger charge is -2.24. The van der Waals surface area contributed by atoms with Crippen LogP contribution in [0.2, 0.25) is 0 Å². The number of aromatic nitrogens is 1. The summed E-state index contributed by atoms with van der Waals surface area (Å²) in [7, 11) is 0. The molecule has 1 aliphatic heterocycles. The molecule has 116 valence electrons. The zero-order valence-corrected chi connectivity index (χ0v) is 12.6. The molecular weight excluding hydrogens is 270 g/mol. The van der Waals surface area contributed by atoms with Gasteiger partial charge >= 0.3 is 5.69 Å². The molecule has 1 atom stereocenters. The lowest BCUT2D eigenvalue weighted by Crippen LogP contribution is -2.35. The first-order valence-corrected chi connectivity index (χ1v) is 7.49. The Bertz CT molecular complexity index is 488. The summed E-state index contributed by atoms with van der Waals surface area (Å²) in [6.07, 6.45) is 2.47. The predicted molar refractivity (Wildman–Crippen MR) is 83.8 cm³/mol. The van der Waals surface area contributed by atoms with Crippen molar-refractivity contribution in [3.8, 4) is 0 Å². The van der Waals surface area contributed by atoms with Gasteiger partial charge in [-0.2, -0.15) is 0 Å². The van der Waals surface area contributed by atoms with Crippen molar-refractivity contribution in [1.82, 2.24) is 9.88 Å². The first-order valence-electron chi connectivity index (χ1n) is 7.49. The SMILES string of the molecule is CCNc1ccc([N+](=O)[O-])c(NCC(C)N2CCCC2)n1. The van der Waals surface area contributed by atoms with Crippen LogP contribution in [0.3, 0.4) is 0 Å². The van der Waals surface area contributed by atoms with Crippen LogP contribution in [0.15, 0.2) is 12.1 Å². The van der Waals surface area contributed by atoms with Gasteiger partial charge in [0, 0.05) is 25.2 Å². The van der Waals surface area contributed by atoms with Crippen molar-refractivity contribution < 1.29 is 4.92 Å². The van der Waals surface area contributed by atoms with E-state index in [0.717, 1.165) is 19.6 Å². The predicted octanol–water partition coefficient (Wildman–Crippen LogP) is 2.32. The van der Waals surface area contributed by atoms with Crippen LogP contribution in [-0.2, 0) is 0 Å². The van der Waals surface area contributed by atoms with Gasteiger partial charge < -0.3 is 10.6 Å². The zero-order valence-electron chi connectivity index (χ0n) is 12.6. The Morgan fingerprint density at radius 1 is 1.38 bits per heavy atom. The summed E-state index contributed by atoms with van der Waals surface area (Å²) in [5, 5.41) is 17.3. The van der Waals surface area contributed by atoms with E-state index in [0.29, 0.717) is 24.2 Å². The van der Waals surface area contributed by atoms with Gasteiger partial charge in [0.15, 0.2) is 0 Å². The van der Waals surface area contributed by atoms with E-state index in [9.17, 15) is 10.1 Å². The largest absolute Gasteiger partial charge is 0.370 e. The van der Waals surface area contributed by atoms with Crippen molar-refractivity contribution in [2.45, 2.75) is 32.7 Å². The maximum absolute atomic E-state index is 11.1. The Hall–Kier alpha value is -1.89. The van der Waals surface area contributed by atoms with Crippen molar-refractivity contribution >= 4 is 17.3 Å². The molecule has 7 nitrogen and oxygen atoms in total. The number of nitrogens with one attached hydrogen (secondary N) is 2. The standard InChI is InChI=1S/C14H23N5O2/c1-3-15-13-7-6-12(19(20)21)14(17-13)16-10-11(2)18-8-4-5-9-18/h6-7,11H,3-5,8-10H2,1-2H3,(H2,15,16,17). The number of pyridine rings is 1. The molecule has 1 unspecified atom stereocenters. The molecule has 0 amide bonds. The summed E-state index contributed by atoms with van der Waals surface area (Å²) in [5.41, 5.74) is 0.0188. The molecular formula is C14H23N5O2. The molecule has 2 N–H and O–H groups in total. The van der Waals surface area contributed by atoms with E-state index < -0.39 is 4.92 Å². The molecule has 1 aliphatic rings. The van der Waals surface area contributed by atoms with Crippen LogP contribution in [-0.4, -0.2) is 47.0 Å². The summed E-state index contributed by atoms with van der Waals surface area (Å²) in [6.45, 7) is 7.70. The lowest BCUT2D eigenvalue weighted by molar-refractivity contribution is -0.384. The van der Waals surface area contributed by atoms with Gasteiger partial charge in [0.1, 0.15) is 5.82 Å². The molecule has 1 saturated heterocycles. The summed E-state index contributed by atoms with van der Waals surface area (Å²) < 4.78 is 0. The quantitative estimate of drug-likeness (QED) is 0.593. The number of nitrogens with zero attached hydrogens (tertiary/aromatic N) is 3. The van der Waals surface area contributed by atoms with Crippen LogP contribution < -0.4 is 10.6 Å². The second-order valence-corrected chi connectivity index (χ2v) is 5.32. The minimum atomic E-state index is -0.397. The van der Waals surface area contributed by atoms with E-state index >= 15 is 0 Å². The highest BCUT2D eigenvalue weighted by molar-refractivity contribution is 5.60. The average Bonchev–Trinajstić information content (AvgIpc) is 2.99. The summed E-state index contributed by atoms with van der Waals surface area (Å²) in [5.74, 6) is 0.990. The van der Waals surface area contributed by atoms with Gasteiger partial charge in [-0.15, -0.1) is 0 Å². The molecule has 0 bridgehead atoms. The molecule has 0 radical (unpaired) electrons. The van der Waals surface area contributed by atoms with Crippen LogP contribution >= 0.6 is 0 Å². The fourth-order valence-electron chi connectivity index (χ4n) is 2.56. The fourth-order valence-corrected chi connectivity index (χ4v) is 2.56. The normalized spacial score (nSPS) is 16.7. The maximum atomic E-state index is 11.1.